The molecule has 2 fully saturated rings. The van der Waals surface area contributed by atoms with Gasteiger partial charge in [-0.15, -0.1) is 5.10 Å². The summed E-state index contributed by atoms with van der Waals surface area (Å²) in [6.07, 6.45) is 10.9. The molecule has 0 N–H and O–H groups in total. The van der Waals surface area contributed by atoms with Crippen molar-refractivity contribution in [3.63, 3.8) is 0 Å². The maximum atomic E-state index is 12.7. The molecule has 1 aromatic heterocycles. The minimum atomic E-state index is 0.0422. The van der Waals surface area contributed by atoms with Gasteiger partial charge in [0.25, 0.3) is 0 Å². The molecule has 1 aromatic carbocycles. The fraction of sp³-hybridized carbons (Fsp3) is 0.609. The molecule has 2 aliphatic carbocycles. The number of carbonyl (C=O) groups excluding carboxylic acids is 1. The number of nitrogens with zero attached hydrogens (tertiary/aromatic N) is 4. The summed E-state index contributed by atoms with van der Waals surface area (Å²) in [5.41, 5.74) is 2.30. The zero-order chi connectivity index (χ0) is 19.3. The van der Waals surface area contributed by atoms with Crippen LogP contribution in [-0.4, -0.2) is 26.7 Å². The van der Waals surface area contributed by atoms with Crippen LogP contribution >= 0.6 is 0 Å². The minimum absolute atomic E-state index is 0.0422. The lowest BCUT2D eigenvalue weighted by Crippen LogP contribution is -2.61. The summed E-state index contributed by atoms with van der Waals surface area (Å²) < 4.78 is 2.19. The van der Waals surface area contributed by atoms with E-state index in [9.17, 15) is 4.79 Å². The topological polar surface area (TPSA) is 51.0 Å². The molecule has 5 heteroatoms. The molecule has 2 saturated carbocycles. The minimum Gasteiger partial charge on any atom is -0.278 e. The Kier molecular flexibility index (Phi) is 4.29. The normalized spacial score (nSPS) is 26.0. The van der Waals surface area contributed by atoms with E-state index >= 15 is 0 Å². The van der Waals surface area contributed by atoms with E-state index in [0.29, 0.717) is 5.92 Å². The molecule has 0 unspecified atom stereocenters. The van der Waals surface area contributed by atoms with E-state index in [4.69, 9.17) is 10.1 Å². The smallest absolute Gasteiger partial charge is 0.231 e. The first-order valence-corrected chi connectivity index (χ1v) is 10.9. The van der Waals surface area contributed by atoms with Crippen LogP contribution in [0.25, 0.3) is 11.4 Å². The average molecular weight is 379 g/mol. The van der Waals surface area contributed by atoms with Gasteiger partial charge in [-0.2, -0.15) is 4.98 Å². The van der Waals surface area contributed by atoms with Crippen molar-refractivity contribution in [2.45, 2.75) is 83.2 Å². The molecule has 28 heavy (non-hydrogen) atoms. The highest BCUT2D eigenvalue weighted by molar-refractivity contribution is 5.91. The summed E-state index contributed by atoms with van der Waals surface area (Å²) in [5.74, 6) is 2.15. The molecule has 5 rings (SSSR count). The highest BCUT2D eigenvalue weighted by Gasteiger charge is 2.54. The zero-order valence-electron chi connectivity index (χ0n) is 17.0. The summed E-state index contributed by atoms with van der Waals surface area (Å²) in [6, 6.07) is 8.68. The number of carbonyl (C=O) groups is 1. The Morgan fingerprint density at radius 2 is 1.75 bits per heavy atom. The SMILES string of the molecule is CC(=O)N1c2nc(-c3ccc(C)cc3)nn2C2(CCCCC2)[C@@H]2CCCC[C@@H]21. The predicted octanol–water partition coefficient (Wildman–Crippen LogP) is 4.84. The van der Waals surface area contributed by atoms with Crippen LogP contribution in [0.15, 0.2) is 24.3 Å². The van der Waals surface area contributed by atoms with Crippen LogP contribution in [0.2, 0.25) is 0 Å². The fourth-order valence-electron chi connectivity index (χ4n) is 6.06. The molecule has 3 aliphatic rings. The van der Waals surface area contributed by atoms with Crippen molar-refractivity contribution in [1.82, 2.24) is 14.8 Å². The number of rotatable bonds is 1. The number of amides is 1. The Morgan fingerprint density at radius 1 is 1.04 bits per heavy atom. The summed E-state index contributed by atoms with van der Waals surface area (Å²) in [7, 11) is 0. The van der Waals surface area contributed by atoms with E-state index in [1.54, 1.807) is 6.92 Å². The van der Waals surface area contributed by atoms with Crippen molar-refractivity contribution < 1.29 is 4.79 Å². The maximum Gasteiger partial charge on any atom is 0.231 e. The van der Waals surface area contributed by atoms with Gasteiger partial charge < -0.3 is 0 Å². The first-order chi connectivity index (χ1) is 13.6. The van der Waals surface area contributed by atoms with Gasteiger partial charge in [-0.05, 0) is 32.6 Å². The molecule has 1 aliphatic heterocycles. The lowest BCUT2D eigenvalue weighted by molar-refractivity contribution is -0.118. The average Bonchev–Trinajstić information content (AvgIpc) is 3.15. The number of hydrogen-bond donors (Lipinski definition) is 0. The Morgan fingerprint density at radius 3 is 2.46 bits per heavy atom. The van der Waals surface area contributed by atoms with Crippen LogP contribution in [0.5, 0.6) is 0 Å². The quantitative estimate of drug-likeness (QED) is 0.713. The Bertz CT molecular complexity index is 879. The monoisotopic (exact) mass is 378 g/mol. The third kappa shape index (κ3) is 2.62. The largest absolute Gasteiger partial charge is 0.278 e. The second-order valence-corrected chi connectivity index (χ2v) is 9.02. The highest BCUT2D eigenvalue weighted by atomic mass is 16.2. The van der Waals surface area contributed by atoms with Crippen LogP contribution in [0.3, 0.4) is 0 Å². The standard InChI is InChI=1S/C23H30N4O/c1-16-10-12-18(13-11-16)21-24-22-26(17(2)28)20-9-5-4-8-19(20)23(27(22)25-21)14-6-3-7-15-23/h10-13,19-20H,3-9,14-15H2,1-2H3/t19-,20+/m1/s1. The molecular weight excluding hydrogens is 348 g/mol. The first-order valence-electron chi connectivity index (χ1n) is 10.9. The summed E-state index contributed by atoms with van der Waals surface area (Å²) >= 11 is 0. The van der Waals surface area contributed by atoms with Crippen LogP contribution in [0.1, 0.15) is 70.3 Å². The van der Waals surface area contributed by atoms with Crippen molar-refractivity contribution in [1.29, 1.82) is 0 Å². The zero-order valence-corrected chi connectivity index (χ0v) is 17.0. The van der Waals surface area contributed by atoms with E-state index in [1.165, 1.54) is 56.9 Å². The first kappa shape index (κ1) is 17.9. The molecule has 1 spiro atoms. The van der Waals surface area contributed by atoms with Gasteiger partial charge in [-0.3, -0.25) is 9.69 Å². The van der Waals surface area contributed by atoms with Gasteiger partial charge in [-0.25, -0.2) is 4.68 Å². The lowest BCUT2D eigenvalue weighted by atomic mass is 9.64. The molecule has 2 aromatic rings. The Balaban J connectivity index is 1.69. The number of aromatic nitrogens is 3. The second-order valence-electron chi connectivity index (χ2n) is 9.02. The molecule has 1 amide bonds. The van der Waals surface area contributed by atoms with Gasteiger partial charge in [0, 0.05) is 24.4 Å². The van der Waals surface area contributed by atoms with E-state index in [1.807, 2.05) is 4.90 Å². The van der Waals surface area contributed by atoms with Gasteiger partial charge in [-0.1, -0.05) is 61.9 Å². The van der Waals surface area contributed by atoms with Crippen molar-refractivity contribution in [3.05, 3.63) is 29.8 Å². The van der Waals surface area contributed by atoms with Crippen LogP contribution < -0.4 is 4.90 Å². The van der Waals surface area contributed by atoms with Gasteiger partial charge in [0.1, 0.15) is 0 Å². The molecule has 5 nitrogen and oxygen atoms in total. The molecule has 0 bridgehead atoms. The molecule has 0 saturated heterocycles. The third-order valence-electron chi connectivity index (χ3n) is 7.35. The molecular formula is C23H30N4O. The second kappa shape index (κ2) is 6.71. The van der Waals surface area contributed by atoms with E-state index in [0.717, 1.165) is 23.8 Å². The number of aryl methyl sites for hydroxylation is 1. The molecule has 2 atom stereocenters. The number of anilines is 1. The summed E-state index contributed by atoms with van der Waals surface area (Å²) in [4.78, 5) is 19.7. The van der Waals surface area contributed by atoms with Crippen LogP contribution in [0, 0.1) is 12.8 Å². The van der Waals surface area contributed by atoms with Crippen LogP contribution in [0.4, 0.5) is 5.95 Å². The van der Waals surface area contributed by atoms with E-state index in [-0.39, 0.29) is 17.5 Å². The van der Waals surface area contributed by atoms with E-state index in [2.05, 4.69) is 35.9 Å². The Hall–Kier alpha value is -2.17. The number of hydrogen-bond acceptors (Lipinski definition) is 3. The molecule has 0 radical (unpaired) electrons. The van der Waals surface area contributed by atoms with Crippen molar-refractivity contribution in [2.24, 2.45) is 5.92 Å². The summed E-state index contributed by atoms with van der Waals surface area (Å²) in [5, 5.41) is 5.06. The number of benzene rings is 1. The molecule has 2 heterocycles. The van der Waals surface area contributed by atoms with Crippen molar-refractivity contribution in [3.8, 4) is 11.4 Å². The third-order valence-corrected chi connectivity index (χ3v) is 7.35. The van der Waals surface area contributed by atoms with Crippen molar-refractivity contribution in [2.75, 3.05) is 4.90 Å². The fourth-order valence-corrected chi connectivity index (χ4v) is 6.06. The highest BCUT2D eigenvalue weighted by Crippen LogP contribution is 2.53. The van der Waals surface area contributed by atoms with Crippen LogP contribution in [-0.2, 0) is 10.3 Å². The summed E-state index contributed by atoms with van der Waals surface area (Å²) in [6.45, 7) is 3.78. The predicted molar refractivity (Wildman–Crippen MR) is 110 cm³/mol. The van der Waals surface area contributed by atoms with Crippen molar-refractivity contribution >= 4 is 11.9 Å². The van der Waals surface area contributed by atoms with E-state index < -0.39 is 0 Å². The Labute approximate surface area is 167 Å². The van der Waals surface area contributed by atoms with Gasteiger partial charge in [0.05, 0.1) is 5.54 Å². The maximum absolute atomic E-state index is 12.7. The van der Waals surface area contributed by atoms with Gasteiger partial charge >= 0.3 is 0 Å². The molecule has 148 valence electrons. The van der Waals surface area contributed by atoms with Gasteiger partial charge in [0.2, 0.25) is 11.9 Å². The lowest BCUT2D eigenvalue weighted by Gasteiger charge is -2.55. The van der Waals surface area contributed by atoms with Gasteiger partial charge in [0.15, 0.2) is 5.82 Å². The number of fused-ring (bicyclic) bond motifs is 4.